The van der Waals surface area contributed by atoms with Crippen molar-refractivity contribution >= 4 is 5.91 Å². The molecule has 0 aliphatic carbocycles. The molecule has 4 heteroatoms. The van der Waals surface area contributed by atoms with Gasteiger partial charge in [-0.25, -0.2) is 4.39 Å². The van der Waals surface area contributed by atoms with Crippen molar-refractivity contribution in [3.05, 3.63) is 66.0 Å². The molecule has 0 radical (unpaired) electrons. The average molecular weight is 315 g/mol. The van der Waals surface area contributed by atoms with Crippen LogP contribution in [0.25, 0.3) is 0 Å². The standard InChI is InChI=1S/C19H22FNO2/c1-3-18(23-17-11-9-16(20)10-12-17)19(22)21-13-14(2)15-7-5-4-6-8-15/h4-12,14,18H,3,13H2,1-2H3,(H,21,22)/t14-,18+/m0/s1. The summed E-state index contributed by atoms with van der Waals surface area (Å²) >= 11 is 0. The van der Waals surface area contributed by atoms with E-state index in [9.17, 15) is 9.18 Å². The number of carbonyl (C=O) groups is 1. The predicted octanol–water partition coefficient (Wildman–Crippen LogP) is 3.90. The van der Waals surface area contributed by atoms with E-state index in [0.717, 1.165) is 0 Å². The molecule has 1 amide bonds. The Bertz CT molecular complexity index is 613. The van der Waals surface area contributed by atoms with Crippen LogP contribution < -0.4 is 10.1 Å². The van der Waals surface area contributed by atoms with Gasteiger partial charge in [-0.1, -0.05) is 44.2 Å². The van der Waals surface area contributed by atoms with Gasteiger partial charge in [0.05, 0.1) is 0 Å². The maximum absolute atomic E-state index is 12.9. The van der Waals surface area contributed by atoms with E-state index in [2.05, 4.69) is 12.2 Å². The zero-order valence-corrected chi connectivity index (χ0v) is 13.5. The summed E-state index contributed by atoms with van der Waals surface area (Å²) in [5.41, 5.74) is 1.18. The summed E-state index contributed by atoms with van der Waals surface area (Å²) in [6.07, 6.45) is -0.0356. The van der Waals surface area contributed by atoms with Crippen molar-refractivity contribution < 1.29 is 13.9 Å². The fourth-order valence-corrected chi connectivity index (χ4v) is 2.27. The SMILES string of the molecule is CC[C@@H](Oc1ccc(F)cc1)C(=O)NC[C@H](C)c1ccccc1. The molecule has 0 saturated heterocycles. The monoisotopic (exact) mass is 315 g/mol. The fourth-order valence-electron chi connectivity index (χ4n) is 2.27. The Kier molecular flexibility index (Phi) is 6.15. The predicted molar refractivity (Wildman–Crippen MR) is 89.0 cm³/mol. The normalized spacial score (nSPS) is 13.2. The number of amides is 1. The zero-order chi connectivity index (χ0) is 16.7. The van der Waals surface area contributed by atoms with Crippen LogP contribution in [0.5, 0.6) is 5.75 Å². The molecule has 1 N–H and O–H groups in total. The van der Waals surface area contributed by atoms with Crippen molar-refractivity contribution in [1.29, 1.82) is 0 Å². The third-order valence-electron chi connectivity index (χ3n) is 3.71. The maximum Gasteiger partial charge on any atom is 0.261 e. The topological polar surface area (TPSA) is 38.3 Å². The Morgan fingerprint density at radius 2 is 1.78 bits per heavy atom. The van der Waals surface area contributed by atoms with Crippen LogP contribution in [0.15, 0.2) is 54.6 Å². The second kappa shape index (κ2) is 8.32. The summed E-state index contributed by atoms with van der Waals surface area (Å²) in [6.45, 7) is 4.50. The van der Waals surface area contributed by atoms with Crippen LogP contribution in [-0.4, -0.2) is 18.6 Å². The molecule has 2 rings (SSSR count). The van der Waals surface area contributed by atoms with Gasteiger partial charge in [-0.15, -0.1) is 0 Å². The lowest BCUT2D eigenvalue weighted by Crippen LogP contribution is -2.39. The molecule has 0 aliphatic rings. The van der Waals surface area contributed by atoms with Crippen LogP contribution in [0.4, 0.5) is 4.39 Å². The molecule has 0 fully saturated rings. The lowest BCUT2D eigenvalue weighted by atomic mass is 10.0. The smallest absolute Gasteiger partial charge is 0.261 e. The van der Waals surface area contributed by atoms with E-state index in [-0.39, 0.29) is 17.6 Å². The van der Waals surface area contributed by atoms with Gasteiger partial charge in [0.25, 0.3) is 5.91 Å². The van der Waals surface area contributed by atoms with Crippen LogP contribution in [0.2, 0.25) is 0 Å². The summed E-state index contributed by atoms with van der Waals surface area (Å²) in [5.74, 6) is 0.235. The third kappa shape index (κ3) is 5.09. The minimum absolute atomic E-state index is 0.153. The van der Waals surface area contributed by atoms with E-state index in [1.165, 1.54) is 29.8 Å². The fraction of sp³-hybridized carbons (Fsp3) is 0.316. The van der Waals surface area contributed by atoms with Gasteiger partial charge in [0, 0.05) is 6.54 Å². The van der Waals surface area contributed by atoms with E-state index in [1.807, 2.05) is 37.3 Å². The molecule has 0 bridgehead atoms. The van der Waals surface area contributed by atoms with Gasteiger partial charge in [-0.3, -0.25) is 4.79 Å². The number of rotatable bonds is 7. The summed E-state index contributed by atoms with van der Waals surface area (Å²) < 4.78 is 18.5. The molecule has 23 heavy (non-hydrogen) atoms. The van der Waals surface area contributed by atoms with Crippen LogP contribution in [0.3, 0.4) is 0 Å². The number of nitrogens with one attached hydrogen (secondary N) is 1. The highest BCUT2D eigenvalue weighted by atomic mass is 19.1. The Morgan fingerprint density at radius 3 is 2.39 bits per heavy atom. The quantitative estimate of drug-likeness (QED) is 0.841. The second-order valence-electron chi connectivity index (χ2n) is 5.53. The van der Waals surface area contributed by atoms with Crippen molar-refractivity contribution in [2.24, 2.45) is 0 Å². The first kappa shape index (κ1) is 17.0. The molecule has 0 spiro atoms. The molecular weight excluding hydrogens is 293 g/mol. The van der Waals surface area contributed by atoms with Gasteiger partial charge in [-0.2, -0.15) is 0 Å². The van der Waals surface area contributed by atoms with Crippen LogP contribution >= 0.6 is 0 Å². The highest BCUT2D eigenvalue weighted by Gasteiger charge is 2.19. The lowest BCUT2D eigenvalue weighted by molar-refractivity contribution is -0.128. The van der Waals surface area contributed by atoms with E-state index < -0.39 is 6.10 Å². The molecule has 0 aromatic heterocycles. The van der Waals surface area contributed by atoms with E-state index in [1.54, 1.807) is 0 Å². The van der Waals surface area contributed by atoms with Gasteiger partial charge in [0.15, 0.2) is 6.10 Å². The Hall–Kier alpha value is -2.36. The van der Waals surface area contributed by atoms with Crippen LogP contribution in [-0.2, 0) is 4.79 Å². The van der Waals surface area contributed by atoms with Crippen molar-refractivity contribution in [1.82, 2.24) is 5.32 Å². The van der Waals surface area contributed by atoms with Crippen LogP contribution in [0.1, 0.15) is 31.7 Å². The first-order chi connectivity index (χ1) is 11.1. The minimum atomic E-state index is -0.580. The number of hydrogen-bond acceptors (Lipinski definition) is 2. The van der Waals surface area contributed by atoms with Gasteiger partial charge in [-0.05, 0) is 42.2 Å². The Balaban J connectivity index is 1.88. The van der Waals surface area contributed by atoms with Gasteiger partial charge in [0.2, 0.25) is 0 Å². The van der Waals surface area contributed by atoms with E-state index in [4.69, 9.17) is 4.74 Å². The average Bonchev–Trinajstić information content (AvgIpc) is 2.59. The highest BCUT2D eigenvalue weighted by Crippen LogP contribution is 2.16. The number of ether oxygens (including phenoxy) is 1. The summed E-state index contributed by atoms with van der Waals surface area (Å²) in [7, 11) is 0. The second-order valence-corrected chi connectivity index (χ2v) is 5.53. The molecule has 0 heterocycles. The van der Waals surface area contributed by atoms with Crippen LogP contribution in [0, 0.1) is 5.82 Å². The molecule has 122 valence electrons. The zero-order valence-electron chi connectivity index (χ0n) is 13.5. The van der Waals surface area contributed by atoms with Crippen molar-refractivity contribution in [2.75, 3.05) is 6.54 Å². The Morgan fingerprint density at radius 1 is 1.13 bits per heavy atom. The molecule has 0 saturated carbocycles. The molecular formula is C19H22FNO2. The van der Waals surface area contributed by atoms with Crippen molar-refractivity contribution in [3.8, 4) is 5.75 Å². The van der Waals surface area contributed by atoms with Gasteiger partial charge in [0.1, 0.15) is 11.6 Å². The van der Waals surface area contributed by atoms with Gasteiger partial charge >= 0.3 is 0 Å². The summed E-state index contributed by atoms with van der Waals surface area (Å²) in [4.78, 5) is 12.3. The number of hydrogen-bond donors (Lipinski definition) is 1. The first-order valence-electron chi connectivity index (χ1n) is 7.85. The highest BCUT2D eigenvalue weighted by molar-refractivity contribution is 5.81. The lowest BCUT2D eigenvalue weighted by Gasteiger charge is -2.19. The minimum Gasteiger partial charge on any atom is -0.481 e. The summed E-state index contributed by atoms with van der Waals surface area (Å²) in [5, 5.41) is 2.93. The first-order valence-corrected chi connectivity index (χ1v) is 7.85. The molecule has 2 aromatic carbocycles. The molecule has 0 aliphatic heterocycles. The largest absolute Gasteiger partial charge is 0.481 e. The third-order valence-corrected chi connectivity index (χ3v) is 3.71. The molecule has 0 unspecified atom stereocenters. The van der Waals surface area contributed by atoms with E-state index >= 15 is 0 Å². The maximum atomic E-state index is 12.9. The van der Waals surface area contributed by atoms with Crippen molar-refractivity contribution in [3.63, 3.8) is 0 Å². The Labute approximate surface area is 136 Å². The van der Waals surface area contributed by atoms with Crippen molar-refractivity contribution in [2.45, 2.75) is 32.3 Å². The molecule has 3 nitrogen and oxygen atoms in total. The van der Waals surface area contributed by atoms with Gasteiger partial charge < -0.3 is 10.1 Å². The number of halogens is 1. The number of carbonyl (C=O) groups excluding carboxylic acids is 1. The summed E-state index contributed by atoms with van der Waals surface area (Å²) in [6, 6.07) is 15.7. The number of benzene rings is 2. The molecule has 2 atom stereocenters. The molecule has 2 aromatic rings. The van der Waals surface area contributed by atoms with E-state index in [0.29, 0.717) is 18.7 Å².